The molecule has 2 amide bonds. The Morgan fingerprint density at radius 1 is 1.22 bits per heavy atom. The molecule has 4 heteroatoms. The normalized spacial score (nSPS) is 25.4. The number of benzene rings is 1. The van der Waals surface area contributed by atoms with Crippen molar-refractivity contribution >= 4 is 17.5 Å². The van der Waals surface area contributed by atoms with Gasteiger partial charge < -0.3 is 10.2 Å². The predicted molar refractivity (Wildman–Crippen MR) is 91.1 cm³/mol. The van der Waals surface area contributed by atoms with Gasteiger partial charge in [0.1, 0.15) is 0 Å². The zero-order valence-corrected chi connectivity index (χ0v) is 14.3. The van der Waals surface area contributed by atoms with E-state index in [9.17, 15) is 9.59 Å². The fourth-order valence-electron chi connectivity index (χ4n) is 4.20. The van der Waals surface area contributed by atoms with Gasteiger partial charge >= 0.3 is 0 Å². The number of anilines is 1. The molecule has 0 saturated heterocycles. The maximum absolute atomic E-state index is 12.6. The van der Waals surface area contributed by atoms with Gasteiger partial charge in [-0.05, 0) is 62.1 Å². The van der Waals surface area contributed by atoms with Crippen molar-refractivity contribution < 1.29 is 9.59 Å². The van der Waals surface area contributed by atoms with Crippen molar-refractivity contribution in [2.24, 2.45) is 17.8 Å². The Labute approximate surface area is 138 Å². The molecule has 3 atom stereocenters. The van der Waals surface area contributed by atoms with E-state index < -0.39 is 0 Å². The van der Waals surface area contributed by atoms with Gasteiger partial charge in [-0.25, -0.2) is 0 Å². The predicted octanol–water partition coefficient (Wildman–Crippen LogP) is 3.14. The number of aryl methyl sites for hydroxylation is 1. The van der Waals surface area contributed by atoms with Crippen LogP contribution in [0, 0.1) is 31.6 Å². The van der Waals surface area contributed by atoms with Gasteiger partial charge in [0.2, 0.25) is 11.8 Å². The first-order valence-corrected chi connectivity index (χ1v) is 8.56. The topological polar surface area (TPSA) is 49.4 Å². The third-order valence-corrected chi connectivity index (χ3v) is 5.69. The molecule has 1 N–H and O–H groups in total. The van der Waals surface area contributed by atoms with Crippen LogP contribution in [0.4, 0.5) is 5.69 Å². The summed E-state index contributed by atoms with van der Waals surface area (Å²) >= 11 is 0. The fourth-order valence-corrected chi connectivity index (χ4v) is 4.20. The SMILES string of the molecule is Cc1cccc(NC(=O)CN(C)C(=O)C2CC3CCC2C3)c1C. The lowest BCUT2D eigenvalue weighted by molar-refractivity contribution is -0.138. The van der Waals surface area contributed by atoms with Crippen LogP contribution in [0.25, 0.3) is 0 Å². The van der Waals surface area contributed by atoms with E-state index in [4.69, 9.17) is 0 Å². The van der Waals surface area contributed by atoms with Crippen molar-refractivity contribution in [2.75, 3.05) is 18.9 Å². The number of carbonyl (C=O) groups excluding carboxylic acids is 2. The second-order valence-electron chi connectivity index (χ2n) is 7.27. The van der Waals surface area contributed by atoms with Crippen LogP contribution in [-0.2, 0) is 9.59 Å². The number of nitrogens with zero attached hydrogens (tertiary/aromatic N) is 1. The summed E-state index contributed by atoms with van der Waals surface area (Å²) in [6.07, 6.45) is 4.69. The average Bonchev–Trinajstić information content (AvgIpc) is 3.14. The van der Waals surface area contributed by atoms with E-state index in [2.05, 4.69) is 5.32 Å². The Morgan fingerprint density at radius 3 is 2.65 bits per heavy atom. The van der Waals surface area contributed by atoms with Crippen LogP contribution in [0.3, 0.4) is 0 Å². The molecule has 2 saturated carbocycles. The molecule has 124 valence electrons. The Morgan fingerprint density at radius 2 is 2.00 bits per heavy atom. The largest absolute Gasteiger partial charge is 0.336 e. The molecule has 0 heterocycles. The minimum atomic E-state index is -0.127. The average molecular weight is 314 g/mol. The summed E-state index contributed by atoms with van der Waals surface area (Å²) in [6, 6.07) is 5.86. The molecule has 4 nitrogen and oxygen atoms in total. The third kappa shape index (κ3) is 3.26. The quantitative estimate of drug-likeness (QED) is 0.928. The second-order valence-corrected chi connectivity index (χ2v) is 7.27. The molecular formula is C19H26N2O2. The van der Waals surface area contributed by atoms with Gasteiger partial charge in [0.15, 0.2) is 0 Å². The van der Waals surface area contributed by atoms with E-state index in [1.165, 1.54) is 19.3 Å². The summed E-state index contributed by atoms with van der Waals surface area (Å²) in [5.74, 6) is 1.46. The minimum absolute atomic E-state index is 0.125. The van der Waals surface area contributed by atoms with Gasteiger partial charge in [-0.1, -0.05) is 18.6 Å². The highest BCUT2D eigenvalue weighted by molar-refractivity contribution is 5.95. The van der Waals surface area contributed by atoms with Crippen LogP contribution < -0.4 is 5.32 Å². The first kappa shape index (κ1) is 16.0. The van der Waals surface area contributed by atoms with Gasteiger partial charge in [-0.15, -0.1) is 0 Å². The van der Waals surface area contributed by atoms with Gasteiger partial charge in [-0.2, -0.15) is 0 Å². The minimum Gasteiger partial charge on any atom is -0.336 e. The number of rotatable bonds is 4. The Balaban J connectivity index is 1.57. The lowest BCUT2D eigenvalue weighted by atomic mass is 9.88. The van der Waals surface area contributed by atoms with Crippen LogP contribution in [0.15, 0.2) is 18.2 Å². The van der Waals surface area contributed by atoms with Gasteiger partial charge in [0.05, 0.1) is 6.54 Å². The van der Waals surface area contributed by atoms with Crippen LogP contribution in [0.2, 0.25) is 0 Å². The Hall–Kier alpha value is -1.84. The number of hydrogen-bond donors (Lipinski definition) is 1. The van der Waals surface area contributed by atoms with Crippen LogP contribution in [-0.4, -0.2) is 30.3 Å². The fraction of sp³-hybridized carbons (Fsp3) is 0.579. The zero-order valence-electron chi connectivity index (χ0n) is 14.3. The number of hydrogen-bond acceptors (Lipinski definition) is 2. The number of amides is 2. The zero-order chi connectivity index (χ0) is 16.6. The summed E-state index contributed by atoms with van der Waals surface area (Å²) in [6.45, 7) is 4.14. The van der Waals surface area contributed by atoms with Crippen molar-refractivity contribution in [1.29, 1.82) is 0 Å². The van der Waals surface area contributed by atoms with E-state index >= 15 is 0 Å². The molecule has 2 bridgehead atoms. The number of fused-ring (bicyclic) bond motifs is 2. The van der Waals surface area contributed by atoms with Crippen LogP contribution in [0.1, 0.15) is 36.8 Å². The maximum atomic E-state index is 12.6. The molecule has 3 rings (SSSR count). The molecule has 0 radical (unpaired) electrons. The summed E-state index contributed by atoms with van der Waals surface area (Å²) in [5, 5.41) is 2.93. The van der Waals surface area contributed by atoms with Crippen molar-refractivity contribution in [3.63, 3.8) is 0 Å². The van der Waals surface area contributed by atoms with E-state index in [-0.39, 0.29) is 24.3 Å². The van der Waals surface area contributed by atoms with E-state index in [1.54, 1.807) is 11.9 Å². The van der Waals surface area contributed by atoms with E-state index in [0.29, 0.717) is 5.92 Å². The lowest BCUT2D eigenvalue weighted by Crippen LogP contribution is -2.40. The molecule has 2 fully saturated rings. The van der Waals surface area contributed by atoms with Gasteiger partial charge in [0.25, 0.3) is 0 Å². The lowest BCUT2D eigenvalue weighted by Gasteiger charge is -2.26. The molecule has 0 aliphatic heterocycles. The molecule has 0 spiro atoms. The number of carbonyl (C=O) groups is 2. The van der Waals surface area contributed by atoms with Crippen LogP contribution in [0.5, 0.6) is 0 Å². The standard InChI is InChI=1S/C19H26N2O2/c1-12-5-4-6-17(13(12)2)20-18(22)11-21(3)19(23)16-10-14-7-8-15(16)9-14/h4-6,14-16H,7-11H2,1-3H3,(H,20,22). The van der Waals surface area contributed by atoms with Crippen LogP contribution >= 0.6 is 0 Å². The first-order valence-electron chi connectivity index (χ1n) is 8.56. The Bertz CT molecular complexity index is 626. The molecule has 2 aliphatic rings. The van der Waals surface area contributed by atoms with E-state index in [1.807, 2.05) is 32.0 Å². The summed E-state index contributed by atoms with van der Waals surface area (Å²) in [5.41, 5.74) is 3.05. The molecule has 1 aromatic carbocycles. The van der Waals surface area contributed by atoms with Crippen molar-refractivity contribution in [3.05, 3.63) is 29.3 Å². The smallest absolute Gasteiger partial charge is 0.243 e. The molecule has 1 aromatic rings. The van der Waals surface area contributed by atoms with Crippen molar-refractivity contribution in [3.8, 4) is 0 Å². The van der Waals surface area contributed by atoms with Crippen molar-refractivity contribution in [1.82, 2.24) is 4.90 Å². The van der Waals surface area contributed by atoms with Crippen molar-refractivity contribution in [2.45, 2.75) is 39.5 Å². The molecule has 3 unspecified atom stereocenters. The van der Waals surface area contributed by atoms with Gasteiger partial charge in [-0.3, -0.25) is 9.59 Å². The monoisotopic (exact) mass is 314 g/mol. The first-order chi connectivity index (χ1) is 11.0. The number of nitrogens with one attached hydrogen (secondary N) is 1. The maximum Gasteiger partial charge on any atom is 0.243 e. The summed E-state index contributed by atoms with van der Waals surface area (Å²) in [4.78, 5) is 26.5. The highest BCUT2D eigenvalue weighted by atomic mass is 16.2. The Kier molecular flexibility index (Phi) is 4.42. The molecule has 2 aliphatic carbocycles. The highest BCUT2D eigenvalue weighted by Gasteiger charge is 2.44. The third-order valence-electron chi connectivity index (χ3n) is 5.69. The molecular weight excluding hydrogens is 288 g/mol. The number of likely N-dealkylation sites (N-methyl/N-ethyl adjacent to an activating group) is 1. The molecule has 0 aromatic heterocycles. The summed E-state index contributed by atoms with van der Waals surface area (Å²) < 4.78 is 0. The second kappa shape index (κ2) is 6.34. The summed E-state index contributed by atoms with van der Waals surface area (Å²) in [7, 11) is 1.75. The van der Waals surface area contributed by atoms with E-state index in [0.717, 1.165) is 29.2 Å². The highest BCUT2D eigenvalue weighted by Crippen LogP contribution is 2.48. The van der Waals surface area contributed by atoms with Gasteiger partial charge in [0, 0.05) is 18.7 Å². The molecule has 23 heavy (non-hydrogen) atoms.